The van der Waals surface area contributed by atoms with Crippen molar-refractivity contribution in [2.75, 3.05) is 6.54 Å². The van der Waals surface area contributed by atoms with Gasteiger partial charge in [0.15, 0.2) is 0 Å². The standard InChI is InChI=1S/C10H20BF3NO2/c1-10(2,3)17-9(16)15-8-6-4-5-7-11(12,13)14/h4-8H2,1-3H3,(H,15,16)/q-1. The quantitative estimate of drug-likeness (QED) is 0.581. The van der Waals surface area contributed by atoms with E-state index in [1.54, 1.807) is 20.8 Å². The smallest absolute Gasteiger partial charge is 0.449 e. The molecule has 102 valence electrons. The second-order valence-electron chi connectivity index (χ2n) is 4.99. The van der Waals surface area contributed by atoms with Crippen LogP contribution in [0.2, 0.25) is 6.32 Å². The van der Waals surface area contributed by atoms with Crippen LogP contribution in [0.4, 0.5) is 17.7 Å². The number of ether oxygens (including phenoxy) is 1. The van der Waals surface area contributed by atoms with E-state index in [9.17, 15) is 17.7 Å². The number of hydrogen-bond acceptors (Lipinski definition) is 2. The molecular formula is C10H20BF3NO2-. The summed E-state index contributed by atoms with van der Waals surface area (Å²) in [5, 5.41) is 2.50. The molecule has 0 aromatic carbocycles. The Morgan fingerprint density at radius 3 is 2.24 bits per heavy atom. The number of hydrogen-bond donors (Lipinski definition) is 1. The van der Waals surface area contributed by atoms with Crippen LogP contribution >= 0.6 is 0 Å². The van der Waals surface area contributed by atoms with Gasteiger partial charge in [-0.1, -0.05) is 19.2 Å². The zero-order chi connectivity index (χ0) is 13.5. The van der Waals surface area contributed by atoms with Gasteiger partial charge in [0.05, 0.1) is 0 Å². The van der Waals surface area contributed by atoms with Gasteiger partial charge in [-0.2, -0.15) is 0 Å². The molecule has 0 fully saturated rings. The van der Waals surface area contributed by atoms with Crippen LogP contribution in [0.25, 0.3) is 0 Å². The minimum Gasteiger partial charge on any atom is -0.449 e. The lowest BCUT2D eigenvalue weighted by Gasteiger charge is -2.19. The van der Waals surface area contributed by atoms with Crippen molar-refractivity contribution >= 4 is 13.1 Å². The van der Waals surface area contributed by atoms with Gasteiger partial charge in [-0.3, -0.25) is 0 Å². The highest BCUT2D eigenvalue weighted by molar-refractivity contribution is 6.58. The van der Waals surface area contributed by atoms with E-state index in [0.717, 1.165) is 0 Å². The molecule has 0 spiro atoms. The van der Waals surface area contributed by atoms with Gasteiger partial charge in [0, 0.05) is 6.54 Å². The lowest BCUT2D eigenvalue weighted by molar-refractivity contribution is 0.0527. The highest BCUT2D eigenvalue weighted by Crippen LogP contribution is 2.18. The van der Waals surface area contributed by atoms with E-state index in [2.05, 4.69) is 5.32 Å². The van der Waals surface area contributed by atoms with Crippen LogP contribution < -0.4 is 5.32 Å². The number of halogens is 3. The van der Waals surface area contributed by atoms with E-state index in [4.69, 9.17) is 4.74 Å². The van der Waals surface area contributed by atoms with Gasteiger partial charge >= 0.3 is 13.1 Å². The fourth-order valence-electron chi connectivity index (χ4n) is 1.18. The lowest BCUT2D eigenvalue weighted by Crippen LogP contribution is -2.33. The van der Waals surface area contributed by atoms with Crippen molar-refractivity contribution in [3.05, 3.63) is 0 Å². The molecule has 0 aliphatic heterocycles. The third-order valence-electron chi connectivity index (χ3n) is 1.88. The van der Waals surface area contributed by atoms with Crippen LogP contribution in [0.3, 0.4) is 0 Å². The molecule has 0 aromatic heterocycles. The van der Waals surface area contributed by atoms with E-state index in [0.29, 0.717) is 19.4 Å². The van der Waals surface area contributed by atoms with Crippen molar-refractivity contribution < 1.29 is 22.5 Å². The van der Waals surface area contributed by atoms with Crippen molar-refractivity contribution in [3.63, 3.8) is 0 Å². The van der Waals surface area contributed by atoms with Crippen molar-refractivity contribution in [1.82, 2.24) is 5.32 Å². The summed E-state index contributed by atoms with van der Waals surface area (Å²) < 4.78 is 40.5. The van der Waals surface area contributed by atoms with E-state index < -0.39 is 25.0 Å². The van der Waals surface area contributed by atoms with Crippen LogP contribution in [-0.2, 0) is 4.74 Å². The summed E-state index contributed by atoms with van der Waals surface area (Å²) in [6, 6.07) is 0. The zero-order valence-electron chi connectivity index (χ0n) is 10.6. The molecule has 0 saturated carbocycles. The molecule has 1 N–H and O–H groups in total. The van der Waals surface area contributed by atoms with Crippen LogP contribution in [0, 0.1) is 0 Å². The summed E-state index contributed by atoms with van der Waals surface area (Å²) in [5.74, 6) is 0. The number of carbonyl (C=O) groups excluding carboxylic acids is 1. The highest BCUT2D eigenvalue weighted by atomic mass is 19.4. The molecule has 0 heterocycles. The molecule has 17 heavy (non-hydrogen) atoms. The first kappa shape index (κ1) is 16.1. The molecule has 7 heteroatoms. The first-order chi connectivity index (χ1) is 7.60. The predicted octanol–water partition coefficient (Wildman–Crippen LogP) is 3.53. The average molecular weight is 254 g/mol. The Labute approximate surface area is 100 Å². The van der Waals surface area contributed by atoms with Crippen LogP contribution in [0.15, 0.2) is 0 Å². The van der Waals surface area contributed by atoms with Gasteiger partial charge in [0.2, 0.25) is 0 Å². The first-order valence-corrected chi connectivity index (χ1v) is 5.78. The molecule has 0 radical (unpaired) electrons. The van der Waals surface area contributed by atoms with Gasteiger partial charge in [0.1, 0.15) is 5.60 Å². The molecule has 0 aliphatic rings. The molecule has 0 unspecified atom stereocenters. The lowest BCUT2D eigenvalue weighted by atomic mass is 9.83. The summed E-state index contributed by atoms with van der Waals surface area (Å²) in [7, 11) is 0. The van der Waals surface area contributed by atoms with Crippen molar-refractivity contribution in [2.45, 2.75) is 52.0 Å². The summed E-state index contributed by atoms with van der Waals surface area (Å²) in [6.45, 7) is 0.922. The van der Waals surface area contributed by atoms with Crippen LogP contribution in [0.1, 0.15) is 40.0 Å². The van der Waals surface area contributed by atoms with E-state index >= 15 is 0 Å². The minimum absolute atomic E-state index is 0.125. The Bertz CT molecular complexity index is 239. The Kier molecular flexibility index (Phi) is 6.41. The van der Waals surface area contributed by atoms with Crippen molar-refractivity contribution in [2.24, 2.45) is 0 Å². The second-order valence-corrected chi connectivity index (χ2v) is 4.99. The van der Waals surface area contributed by atoms with Crippen LogP contribution in [-0.4, -0.2) is 25.2 Å². The largest absolute Gasteiger partial charge is 0.478 e. The summed E-state index contributed by atoms with van der Waals surface area (Å²) >= 11 is 0. The Hall–Kier alpha value is -0.875. The molecule has 0 rings (SSSR count). The molecule has 0 aromatic rings. The van der Waals surface area contributed by atoms with Gasteiger partial charge < -0.3 is 23.0 Å². The zero-order valence-corrected chi connectivity index (χ0v) is 10.6. The minimum atomic E-state index is -4.67. The molecule has 0 atom stereocenters. The highest BCUT2D eigenvalue weighted by Gasteiger charge is 2.21. The summed E-state index contributed by atoms with van der Waals surface area (Å²) in [5.41, 5.74) is -0.553. The fourth-order valence-corrected chi connectivity index (χ4v) is 1.18. The SMILES string of the molecule is CC(C)(C)OC(=O)NCCCCC[B-](F)(F)F. The number of nitrogens with one attached hydrogen (secondary N) is 1. The maximum atomic E-state index is 11.9. The number of amides is 1. The van der Waals surface area contributed by atoms with Gasteiger partial charge in [-0.05, 0) is 27.2 Å². The average Bonchev–Trinajstić information content (AvgIpc) is 2.06. The molecule has 1 amide bonds. The topological polar surface area (TPSA) is 38.3 Å². The monoisotopic (exact) mass is 254 g/mol. The fraction of sp³-hybridized carbons (Fsp3) is 0.900. The third-order valence-corrected chi connectivity index (χ3v) is 1.88. The Morgan fingerprint density at radius 1 is 1.18 bits per heavy atom. The van der Waals surface area contributed by atoms with E-state index in [1.165, 1.54) is 0 Å². The second kappa shape index (κ2) is 6.76. The third kappa shape index (κ3) is 13.1. The van der Waals surface area contributed by atoms with Gasteiger partial charge in [-0.15, -0.1) is 0 Å². The Morgan fingerprint density at radius 2 is 1.76 bits per heavy atom. The molecule has 3 nitrogen and oxygen atoms in total. The predicted molar refractivity (Wildman–Crippen MR) is 62.0 cm³/mol. The number of alkyl carbamates (subject to hydrolysis) is 1. The molecule has 0 aliphatic carbocycles. The van der Waals surface area contributed by atoms with Gasteiger partial charge in [-0.25, -0.2) is 4.79 Å². The normalized spacial score (nSPS) is 12.4. The molecule has 0 bridgehead atoms. The maximum absolute atomic E-state index is 11.9. The number of rotatable bonds is 6. The number of carbonyl (C=O) groups is 1. The van der Waals surface area contributed by atoms with E-state index in [1.807, 2.05) is 0 Å². The van der Waals surface area contributed by atoms with Gasteiger partial charge in [0.25, 0.3) is 0 Å². The molecule has 0 saturated heterocycles. The first-order valence-electron chi connectivity index (χ1n) is 5.78. The summed E-state index contributed by atoms with van der Waals surface area (Å²) in [6.07, 6.45) is -0.119. The molecular weight excluding hydrogens is 234 g/mol. The van der Waals surface area contributed by atoms with E-state index in [-0.39, 0.29) is 6.42 Å². The van der Waals surface area contributed by atoms with Crippen LogP contribution in [0.5, 0.6) is 0 Å². The number of unbranched alkanes of at least 4 members (excludes halogenated alkanes) is 2. The van der Waals surface area contributed by atoms with Crippen molar-refractivity contribution in [1.29, 1.82) is 0 Å². The van der Waals surface area contributed by atoms with Crippen molar-refractivity contribution in [3.8, 4) is 0 Å². The summed E-state index contributed by atoms with van der Waals surface area (Å²) in [4.78, 5) is 11.1. The maximum Gasteiger partial charge on any atom is 0.478 e. The Balaban J connectivity index is 3.44.